The molecule has 0 fully saturated rings. The number of aliphatic imine (C=N–C) groups is 1. The fourth-order valence-corrected chi connectivity index (χ4v) is 1.54. The van der Waals surface area contributed by atoms with Gasteiger partial charge in [0.2, 0.25) is 5.91 Å². The van der Waals surface area contributed by atoms with Crippen LogP contribution in [0.4, 0.5) is 5.69 Å². The quantitative estimate of drug-likeness (QED) is 0.710. The lowest BCUT2D eigenvalue weighted by Gasteiger charge is -2.15. The average Bonchev–Trinajstić information content (AvgIpc) is 2.39. The molecule has 0 spiro atoms. The third-order valence-corrected chi connectivity index (χ3v) is 2.37. The molecule has 18 heavy (non-hydrogen) atoms. The number of guanidine groups is 1. The van der Waals surface area contributed by atoms with Crippen molar-refractivity contribution in [1.82, 2.24) is 10.6 Å². The van der Waals surface area contributed by atoms with Gasteiger partial charge in [-0.25, -0.2) is 0 Å². The summed E-state index contributed by atoms with van der Waals surface area (Å²) < 4.78 is 0. The first-order valence-electron chi connectivity index (χ1n) is 5.72. The van der Waals surface area contributed by atoms with Crippen molar-refractivity contribution >= 4 is 41.5 Å². The highest BCUT2D eigenvalue weighted by Gasteiger charge is 2.06. The molecule has 0 aromatic heterocycles. The van der Waals surface area contributed by atoms with E-state index in [4.69, 9.17) is 0 Å². The summed E-state index contributed by atoms with van der Waals surface area (Å²) in [6, 6.07) is 9.39. The molecule has 6 heteroatoms. The Morgan fingerprint density at radius 2 is 2.11 bits per heavy atom. The number of halogens is 1. The molecule has 1 aromatic carbocycles. The predicted molar refractivity (Wildman–Crippen MR) is 83.4 cm³/mol. The molecule has 2 rings (SSSR count). The van der Waals surface area contributed by atoms with Gasteiger partial charge in [0.15, 0.2) is 5.96 Å². The van der Waals surface area contributed by atoms with Gasteiger partial charge >= 0.3 is 0 Å². The standard InChI is InChI=1S/C12H16N4O.HI/c17-11(16-10-5-2-1-3-6-10)9-15-12-13-7-4-8-14-12;/h1-3,5-6H,4,7-9H2,(H,16,17)(H2,13,14,15);1H. The van der Waals surface area contributed by atoms with E-state index in [1.54, 1.807) is 0 Å². The summed E-state index contributed by atoms with van der Waals surface area (Å²) in [6.07, 6.45) is 1.04. The van der Waals surface area contributed by atoms with Gasteiger partial charge in [0, 0.05) is 18.8 Å². The van der Waals surface area contributed by atoms with Crippen LogP contribution in [0.5, 0.6) is 0 Å². The van der Waals surface area contributed by atoms with E-state index in [1.807, 2.05) is 30.3 Å². The molecular weight excluding hydrogens is 343 g/mol. The molecule has 0 radical (unpaired) electrons. The number of benzene rings is 1. The monoisotopic (exact) mass is 360 g/mol. The van der Waals surface area contributed by atoms with Crippen LogP contribution >= 0.6 is 24.0 Å². The van der Waals surface area contributed by atoms with E-state index in [9.17, 15) is 4.79 Å². The van der Waals surface area contributed by atoms with E-state index < -0.39 is 0 Å². The second-order valence-electron chi connectivity index (χ2n) is 3.78. The van der Waals surface area contributed by atoms with E-state index in [2.05, 4.69) is 20.9 Å². The van der Waals surface area contributed by atoms with Gasteiger partial charge in [0.05, 0.1) is 6.54 Å². The van der Waals surface area contributed by atoms with Crippen molar-refractivity contribution in [2.75, 3.05) is 25.0 Å². The number of para-hydroxylation sites is 1. The highest BCUT2D eigenvalue weighted by Crippen LogP contribution is 2.03. The zero-order valence-electron chi connectivity index (χ0n) is 9.98. The topological polar surface area (TPSA) is 65.5 Å². The van der Waals surface area contributed by atoms with E-state index in [-0.39, 0.29) is 36.4 Å². The highest BCUT2D eigenvalue weighted by molar-refractivity contribution is 14.0. The Morgan fingerprint density at radius 3 is 2.78 bits per heavy atom. The first-order chi connectivity index (χ1) is 8.34. The summed E-state index contributed by atoms with van der Waals surface area (Å²) in [5.41, 5.74) is 0.804. The lowest BCUT2D eigenvalue weighted by atomic mass is 10.3. The smallest absolute Gasteiger partial charge is 0.243 e. The van der Waals surface area contributed by atoms with Crippen LogP contribution in [0.3, 0.4) is 0 Å². The minimum atomic E-state index is -0.0775. The number of nitrogens with one attached hydrogen (secondary N) is 3. The first-order valence-corrected chi connectivity index (χ1v) is 5.72. The Kier molecular flexibility index (Phi) is 6.48. The average molecular weight is 360 g/mol. The normalized spacial score (nSPS) is 13.7. The summed E-state index contributed by atoms with van der Waals surface area (Å²) in [7, 11) is 0. The van der Waals surface area contributed by atoms with Crippen molar-refractivity contribution in [2.24, 2.45) is 4.99 Å². The Balaban J connectivity index is 0.00000162. The fourth-order valence-electron chi connectivity index (χ4n) is 1.54. The zero-order chi connectivity index (χ0) is 11.9. The Bertz CT molecular complexity index is 408. The SMILES string of the molecule is I.O=C(CNC1=NCCCN1)Nc1ccccc1. The van der Waals surface area contributed by atoms with Crippen LogP contribution in [0.15, 0.2) is 35.3 Å². The van der Waals surface area contributed by atoms with Crippen LogP contribution in [0, 0.1) is 0 Å². The molecule has 1 heterocycles. The van der Waals surface area contributed by atoms with Crippen molar-refractivity contribution < 1.29 is 4.79 Å². The number of hydrogen-bond acceptors (Lipinski definition) is 4. The third-order valence-electron chi connectivity index (χ3n) is 2.37. The molecule has 0 unspecified atom stereocenters. The molecule has 5 nitrogen and oxygen atoms in total. The van der Waals surface area contributed by atoms with Gasteiger partial charge < -0.3 is 16.0 Å². The third kappa shape index (κ3) is 4.91. The van der Waals surface area contributed by atoms with Crippen LogP contribution < -0.4 is 16.0 Å². The molecule has 0 saturated carbocycles. The lowest BCUT2D eigenvalue weighted by molar-refractivity contribution is -0.115. The molecule has 0 atom stereocenters. The van der Waals surface area contributed by atoms with Crippen molar-refractivity contribution in [1.29, 1.82) is 0 Å². The maximum absolute atomic E-state index is 11.6. The maximum Gasteiger partial charge on any atom is 0.243 e. The molecule has 98 valence electrons. The molecule has 0 bridgehead atoms. The van der Waals surface area contributed by atoms with Crippen molar-refractivity contribution in [3.63, 3.8) is 0 Å². The van der Waals surface area contributed by atoms with Crippen LogP contribution in [-0.4, -0.2) is 31.5 Å². The molecule has 1 aliphatic heterocycles. The highest BCUT2D eigenvalue weighted by atomic mass is 127. The van der Waals surface area contributed by atoms with Gasteiger partial charge in [-0.2, -0.15) is 0 Å². The molecule has 1 aromatic rings. The van der Waals surface area contributed by atoms with Crippen LogP contribution in [-0.2, 0) is 4.79 Å². The number of amides is 1. The summed E-state index contributed by atoms with van der Waals surface area (Å²) in [6.45, 7) is 1.95. The summed E-state index contributed by atoms with van der Waals surface area (Å²) in [5, 5.41) is 8.86. The minimum absolute atomic E-state index is 0. The molecule has 0 saturated heterocycles. The molecule has 3 N–H and O–H groups in total. The Hall–Kier alpha value is -1.31. The van der Waals surface area contributed by atoms with E-state index >= 15 is 0 Å². The molecule has 0 aliphatic carbocycles. The van der Waals surface area contributed by atoms with Gasteiger partial charge in [0.25, 0.3) is 0 Å². The van der Waals surface area contributed by atoms with Gasteiger partial charge in [-0.15, -0.1) is 24.0 Å². The number of rotatable bonds is 3. The summed E-state index contributed by atoms with van der Waals surface area (Å²) in [4.78, 5) is 15.8. The van der Waals surface area contributed by atoms with Crippen molar-refractivity contribution in [3.8, 4) is 0 Å². The van der Waals surface area contributed by atoms with Crippen LogP contribution in [0.1, 0.15) is 6.42 Å². The van der Waals surface area contributed by atoms with Gasteiger partial charge in [-0.3, -0.25) is 9.79 Å². The Morgan fingerprint density at radius 1 is 1.33 bits per heavy atom. The molecule has 1 amide bonds. The van der Waals surface area contributed by atoms with Crippen LogP contribution in [0.25, 0.3) is 0 Å². The largest absolute Gasteiger partial charge is 0.356 e. The number of hydrogen-bond donors (Lipinski definition) is 3. The van der Waals surface area contributed by atoms with Crippen molar-refractivity contribution in [2.45, 2.75) is 6.42 Å². The van der Waals surface area contributed by atoms with Crippen molar-refractivity contribution in [3.05, 3.63) is 30.3 Å². The number of nitrogens with zero attached hydrogens (tertiary/aromatic N) is 1. The number of carbonyl (C=O) groups is 1. The minimum Gasteiger partial charge on any atom is -0.356 e. The van der Waals surface area contributed by atoms with E-state index in [0.717, 1.165) is 25.2 Å². The maximum atomic E-state index is 11.6. The van der Waals surface area contributed by atoms with Gasteiger partial charge in [-0.05, 0) is 18.6 Å². The predicted octanol–water partition coefficient (Wildman–Crippen LogP) is 1.18. The number of anilines is 1. The molecular formula is C12H17IN4O. The van der Waals surface area contributed by atoms with E-state index in [0.29, 0.717) is 5.96 Å². The molecule has 1 aliphatic rings. The second kappa shape index (κ2) is 7.91. The fraction of sp³-hybridized carbons (Fsp3) is 0.333. The van der Waals surface area contributed by atoms with Gasteiger partial charge in [-0.1, -0.05) is 18.2 Å². The van der Waals surface area contributed by atoms with E-state index in [1.165, 1.54) is 0 Å². The first kappa shape index (κ1) is 14.7. The lowest BCUT2D eigenvalue weighted by Crippen LogP contribution is -2.43. The van der Waals surface area contributed by atoms with Crippen LogP contribution in [0.2, 0.25) is 0 Å². The summed E-state index contributed by atoms with van der Waals surface area (Å²) >= 11 is 0. The zero-order valence-corrected chi connectivity index (χ0v) is 12.3. The Labute approximate surface area is 123 Å². The van der Waals surface area contributed by atoms with Gasteiger partial charge in [0.1, 0.15) is 0 Å². The number of carbonyl (C=O) groups excluding carboxylic acids is 1. The second-order valence-corrected chi connectivity index (χ2v) is 3.78. The summed E-state index contributed by atoms with van der Waals surface area (Å²) in [5.74, 6) is 0.630.